The average Bonchev–Trinajstić information content (AvgIpc) is 2.29. The van der Waals surface area contributed by atoms with Crippen molar-refractivity contribution in [3.8, 4) is 0 Å². The van der Waals surface area contributed by atoms with Gasteiger partial charge in [0, 0.05) is 18.0 Å². The zero-order valence-corrected chi connectivity index (χ0v) is 9.84. The molecule has 0 spiro atoms. The Morgan fingerprint density at radius 1 is 1.39 bits per heavy atom. The van der Waals surface area contributed by atoms with Crippen LogP contribution in [0.2, 0.25) is 0 Å². The van der Waals surface area contributed by atoms with E-state index >= 15 is 0 Å². The Bertz CT molecular complexity index is 467. The zero-order chi connectivity index (χ0) is 13.8. The first-order chi connectivity index (χ1) is 8.34. The van der Waals surface area contributed by atoms with E-state index in [4.69, 9.17) is 0 Å². The largest absolute Gasteiger partial charge is 0.466 e. The van der Waals surface area contributed by atoms with Gasteiger partial charge in [-0.25, -0.2) is 4.79 Å². The van der Waals surface area contributed by atoms with Crippen molar-refractivity contribution in [2.75, 3.05) is 12.4 Å². The molecule has 0 atom stereocenters. The molecule has 0 unspecified atom stereocenters. The summed E-state index contributed by atoms with van der Waals surface area (Å²) in [6.07, 6.45) is -2.08. The van der Waals surface area contributed by atoms with E-state index in [2.05, 4.69) is 10.1 Å². The summed E-state index contributed by atoms with van der Waals surface area (Å²) in [6.45, 7) is 1.66. The van der Waals surface area contributed by atoms with Crippen molar-refractivity contribution < 1.29 is 22.7 Å². The van der Waals surface area contributed by atoms with E-state index in [1.807, 2.05) is 0 Å². The number of hydrogen-bond donors (Lipinski definition) is 1. The van der Waals surface area contributed by atoms with Gasteiger partial charge in [-0.3, -0.25) is 0 Å². The van der Waals surface area contributed by atoms with Gasteiger partial charge in [-0.15, -0.1) is 0 Å². The van der Waals surface area contributed by atoms with Crippen LogP contribution in [0.5, 0.6) is 0 Å². The summed E-state index contributed by atoms with van der Waals surface area (Å²) in [5.41, 5.74) is 0.171. The molecule has 0 aliphatic heterocycles. The minimum atomic E-state index is -4.39. The molecule has 0 saturated carbocycles. The monoisotopic (exact) mass is 259 g/mol. The van der Waals surface area contributed by atoms with Gasteiger partial charge in [0.15, 0.2) is 0 Å². The van der Waals surface area contributed by atoms with Crippen molar-refractivity contribution in [2.45, 2.75) is 13.1 Å². The summed E-state index contributed by atoms with van der Waals surface area (Å²) in [5, 5.41) is 2.61. The second kappa shape index (κ2) is 5.57. The number of alkyl halides is 3. The summed E-state index contributed by atoms with van der Waals surface area (Å²) in [6, 6.07) is 3.35. The van der Waals surface area contributed by atoms with Gasteiger partial charge >= 0.3 is 12.1 Å². The van der Waals surface area contributed by atoms with Gasteiger partial charge in [-0.2, -0.15) is 13.2 Å². The highest BCUT2D eigenvalue weighted by Crippen LogP contribution is 2.31. The van der Waals surface area contributed by atoms with Crippen LogP contribution < -0.4 is 5.32 Å². The second-order valence-corrected chi connectivity index (χ2v) is 3.53. The lowest BCUT2D eigenvalue weighted by Crippen LogP contribution is -2.06. The van der Waals surface area contributed by atoms with Gasteiger partial charge in [0.1, 0.15) is 0 Å². The van der Waals surface area contributed by atoms with Crippen molar-refractivity contribution in [3.63, 3.8) is 0 Å². The lowest BCUT2D eigenvalue weighted by molar-refractivity contribution is -0.137. The summed E-state index contributed by atoms with van der Waals surface area (Å²) in [7, 11) is 1.21. The van der Waals surface area contributed by atoms with Gasteiger partial charge in [-0.1, -0.05) is 6.07 Å². The van der Waals surface area contributed by atoms with Crippen molar-refractivity contribution in [2.24, 2.45) is 0 Å². The van der Waals surface area contributed by atoms with Gasteiger partial charge in [0.25, 0.3) is 0 Å². The molecule has 0 fully saturated rings. The van der Waals surface area contributed by atoms with E-state index in [9.17, 15) is 18.0 Å². The van der Waals surface area contributed by atoms with Crippen LogP contribution in [0.4, 0.5) is 18.9 Å². The Morgan fingerprint density at radius 3 is 2.61 bits per heavy atom. The highest BCUT2D eigenvalue weighted by molar-refractivity contribution is 5.82. The third-order valence-corrected chi connectivity index (χ3v) is 2.22. The predicted octanol–water partition coefficient (Wildman–Crippen LogP) is 3.11. The SMILES string of the molecule is COC(=O)/C=C/Nc1cc(C(F)(F)F)ccc1C. The van der Waals surface area contributed by atoms with E-state index in [1.54, 1.807) is 6.92 Å². The van der Waals surface area contributed by atoms with Crippen molar-refractivity contribution in [1.29, 1.82) is 0 Å². The molecule has 0 aliphatic carbocycles. The molecule has 18 heavy (non-hydrogen) atoms. The van der Waals surface area contributed by atoms with E-state index in [1.165, 1.54) is 19.4 Å². The van der Waals surface area contributed by atoms with Crippen LogP contribution in [0.3, 0.4) is 0 Å². The van der Waals surface area contributed by atoms with Gasteiger partial charge in [0.2, 0.25) is 0 Å². The summed E-state index contributed by atoms with van der Waals surface area (Å²) < 4.78 is 41.8. The lowest BCUT2D eigenvalue weighted by Gasteiger charge is -2.11. The van der Waals surface area contributed by atoms with E-state index in [0.29, 0.717) is 5.56 Å². The van der Waals surface area contributed by atoms with Gasteiger partial charge < -0.3 is 10.1 Å². The molecule has 0 bridgehead atoms. The number of anilines is 1. The van der Waals surface area contributed by atoms with E-state index < -0.39 is 17.7 Å². The number of hydrogen-bond acceptors (Lipinski definition) is 3. The fourth-order valence-electron chi connectivity index (χ4n) is 1.22. The minimum Gasteiger partial charge on any atom is -0.466 e. The molecule has 98 valence electrons. The zero-order valence-electron chi connectivity index (χ0n) is 9.84. The molecule has 0 saturated heterocycles. The molecule has 1 aromatic rings. The van der Waals surface area contributed by atoms with Crippen molar-refractivity contribution in [3.05, 3.63) is 41.6 Å². The number of aryl methyl sites for hydroxylation is 1. The highest BCUT2D eigenvalue weighted by atomic mass is 19.4. The van der Waals surface area contributed by atoms with Crippen LogP contribution in [-0.4, -0.2) is 13.1 Å². The van der Waals surface area contributed by atoms with E-state index in [-0.39, 0.29) is 5.69 Å². The molecule has 0 aliphatic rings. The molecule has 1 rings (SSSR count). The molecular formula is C12H12F3NO2. The second-order valence-electron chi connectivity index (χ2n) is 3.53. The fraction of sp³-hybridized carbons (Fsp3) is 0.250. The molecule has 6 heteroatoms. The number of ether oxygens (including phenoxy) is 1. The topological polar surface area (TPSA) is 38.3 Å². The third kappa shape index (κ3) is 3.80. The Kier molecular flexibility index (Phi) is 4.36. The number of rotatable bonds is 3. The summed E-state index contributed by atoms with van der Waals surface area (Å²) in [5.74, 6) is -0.591. The quantitative estimate of drug-likeness (QED) is 0.669. The minimum absolute atomic E-state index is 0.282. The fourth-order valence-corrected chi connectivity index (χ4v) is 1.22. The molecular weight excluding hydrogens is 247 g/mol. The standard InChI is InChI=1S/C12H12F3NO2/c1-8-3-4-9(12(13,14)15)7-10(8)16-6-5-11(17)18-2/h3-7,16H,1-2H3/b6-5+. The van der Waals surface area contributed by atoms with Crippen molar-refractivity contribution in [1.82, 2.24) is 0 Å². The summed E-state index contributed by atoms with van der Waals surface area (Å²) in [4.78, 5) is 10.8. The van der Waals surface area contributed by atoms with Crippen LogP contribution in [0, 0.1) is 6.92 Å². The Labute approximate surface area is 102 Å². The van der Waals surface area contributed by atoms with Crippen molar-refractivity contribution >= 4 is 11.7 Å². The normalized spacial score (nSPS) is 11.6. The van der Waals surface area contributed by atoms with Gasteiger partial charge in [0.05, 0.1) is 12.7 Å². The number of benzene rings is 1. The van der Waals surface area contributed by atoms with Gasteiger partial charge in [-0.05, 0) is 24.6 Å². The number of carbonyl (C=O) groups is 1. The van der Waals surface area contributed by atoms with Crippen LogP contribution in [0.25, 0.3) is 0 Å². The Balaban J connectivity index is 2.89. The first-order valence-electron chi connectivity index (χ1n) is 5.03. The van der Waals surface area contributed by atoms with E-state index in [0.717, 1.165) is 18.2 Å². The lowest BCUT2D eigenvalue weighted by atomic mass is 10.1. The van der Waals surface area contributed by atoms with Crippen LogP contribution in [0.1, 0.15) is 11.1 Å². The third-order valence-electron chi connectivity index (χ3n) is 2.22. The molecule has 0 heterocycles. The Morgan fingerprint density at radius 2 is 2.06 bits per heavy atom. The van der Waals surface area contributed by atoms with Crippen LogP contribution in [0.15, 0.2) is 30.5 Å². The number of nitrogens with one attached hydrogen (secondary N) is 1. The first kappa shape index (κ1) is 14.1. The maximum atomic E-state index is 12.5. The van der Waals surface area contributed by atoms with Crippen LogP contribution >= 0.6 is 0 Å². The maximum Gasteiger partial charge on any atom is 0.416 e. The number of esters is 1. The summed E-state index contributed by atoms with van der Waals surface area (Å²) >= 11 is 0. The smallest absolute Gasteiger partial charge is 0.416 e. The number of methoxy groups -OCH3 is 1. The average molecular weight is 259 g/mol. The van der Waals surface area contributed by atoms with Crippen LogP contribution in [-0.2, 0) is 15.7 Å². The number of halogens is 3. The maximum absolute atomic E-state index is 12.5. The predicted molar refractivity (Wildman–Crippen MR) is 61.0 cm³/mol. The molecule has 0 aromatic heterocycles. The Hall–Kier alpha value is -1.98. The first-order valence-corrected chi connectivity index (χ1v) is 5.03. The highest BCUT2D eigenvalue weighted by Gasteiger charge is 2.30. The molecule has 0 amide bonds. The molecule has 1 N–H and O–H groups in total. The molecule has 0 radical (unpaired) electrons. The molecule has 1 aromatic carbocycles. The number of carbonyl (C=O) groups excluding carboxylic acids is 1. The molecule has 3 nitrogen and oxygen atoms in total.